The summed E-state index contributed by atoms with van der Waals surface area (Å²) < 4.78 is 5.78. The molecule has 0 aromatic heterocycles. The van der Waals surface area contributed by atoms with Gasteiger partial charge < -0.3 is 25.2 Å². The molecular formula is C23H24Cl2N2O6. The zero-order valence-corrected chi connectivity index (χ0v) is 19.4. The van der Waals surface area contributed by atoms with Gasteiger partial charge in [-0.3, -0.25) is 14.4 Å². The lowest BCUT2D eigenvalue weighted by Gasteiger charge is -2.31. The van der Waals surface area contributed by atoms with Gasteiger partial charge in [0.1, 0.15) is 17.9 Å². The second kappa shape index (κ2) is 10.8. The maximum Gasteiger partial charge on any atom is 0.312 e. The summed E-state index contributed by atoms with van der Waals surface area (Å²) in [6.07, 6.45) is 4.46. The van der Waals surface area contributed by atoms with Crippen LogP contribution in [0.5, 0.6) is 17.2 Å². The van der Waals surface area contributed by atoms with Crippen LogP contribution in [0.15, 0.2) is 30.3 Å². The van der Waals surface area contributed by atoms with E-state index in [4.69, 9.17) is 33.0 Å². The Morgan fingerprint density at radius 3 is 2.33 bits per heavy atom. The quantitative estimate of drug-likeness (QED) is 0.449. The predicted molar refractivity (Wildman–Crippen MR) is 124 cm³/mol. The molecule has 1 saturated carbocycles. The molecule has 0 heterocycles. The summed E-state index contributed by atoms with van der Waals surface area (Å²) in [5.74, 6) is -2.15. The predicted octanol–water partition coefficient (Wildman–Crippen LogP) is 5.31. The molecule has 3 rings (SSSR count). The maximum absolute atomic E-state index is 13.0. The third-order valence-corrected chi connectivity index (χ3v) is 6.02. The molecule has 176 valence electrons. The van der Waals surface area contributed by atoms with Crippen molar-refractivity contribution in [2.75, 3.05) is 12.4 Å². The van der Waals surface area contributed by atoms with Crippen molar-refractivity contribution in [3.63, 3.8) is 0 Å². The van der Waals surface area contributed by atoms with Gasteiger partial charge in [-0.15, -0.1) is 0 Å². The number of hydrogen-bond acceptors (Lipinski definition) is 5. The van der Waals surface area contributed by atoms with Crippen molar-refractivity contribution in [1.29, 1.82) is 0 Å². The van der Waals surface area contributed by atoms with Crippen molar-refractivity contribution >= 4 is 46.7 Å². The molecule has 0 atom stereocenters. The van der Waals surface area contributed by atoms with E-state index in [0.29, 0.717) is 0 Å². The van der Waals surface area contributed by atoms with Gasteiger partial charge in [0.05, 0.1) is 15.6 Å². The number of phenolic OH excluding ortho intramolecular Hbond substituents is 1. The van der Waals surface area contributed by atoms with Crippen LogP contribution in [0.1, 0.15) is 48.9 Å². The van der Waals surface area contributed by atoms with E-state index in [0.717, 1.165) is 32.1 Å². The summed E-state index contributed by atoms with van der Waals surface area (Å²) in [6.45, 7) is 0. The summed E-state index contributed by atoms with van der Waals surface area (Å²) in [7, 11) is 1.73. The number of halogens is 2. The highest BCUT2D eigenvalue weighted by Crippen LogP contribution is 2.40. The first-order valence-electron chi connectivity index (χ1n) is 10.4. The molecule has 0 saturated heterocycles. The normalized spacial score (nSPS) is 13.9. The van der Waals surface area contributed by atoms with Crippen LogP contribution in [0.2, 0.25) is 10.0 Å². The molecule has 0 spiro atoms. The summed E-state index contributed by atoms with van der Waals surface area (Å²) in [5, 5.41) is 21.5. The third kappa shape index (κ3) is 6.30. The SMILES string of the molecule is CN(C(=O)c1cc(Oc2c(Cl)cc(NC(=O)CC(=O)O)cc2Cl)ccc1O)C1CCCCC1. The second-order valence-corrected chi connectivity index (χ2v) is 8.69. The van der Waals surface area contributed by atoms with Crippen LogP contribution >= 0.6 is 23.2 Å². The zero-order valence-electron chi connectivity index (χ0n) is 17.9. The Morgan fingerprint density at radius 2 is 1.73 bits per heavy atom. The number of nitrogens with one attached hydrogen (secondary N) is 1. The molecule has 1 aliphatic carbocycles. The Bertz CT molecular complexity index is 1050. The third-order valence-electron chi connectivity index (χ3n) is 5.45. The molecule has 2 aromatic carbocycles. The minimum Gasteiger partial charge on any atom is -0.507 e. The lowest BCUT2D eigenvalue weighted by Crippen LogP contribution is -2.38. The van der Waals surface area contributed by atoms with E-state index < -0.39 is 18.3 Å². The fourth-order valence-electron chi connectivity index (χ4n) is 3.76. The number of amides is 2. The first-order chi connectivity index (χ1) is 15.7. The van der Waals surface area contributed by atoms with E-state index in [1.807, 2.05) is 0 Å². The van der Waals surface area contributed by atoms with Crippen LogP contribution in [0.4, 0.5) is 5.69 Å². The van der Waals surface area contributed by atoms with E-state index in [1.54, 1.807) is 11.9 Å². The number of ether oxygens (including phenoxy) is 1. The van der Waals surface area contributed by atoms with Crippen LogP contribution < -0.4 is 10.1 Å². The van der Waals surface area contributed by atoms with E-state index in [2.05, 4.69) is 5.32 Å². The summed E-state index contributed by atoms with van der Waals surface area (Å²) in [5.41, 5.74) is 0.310. The number of carboxylic acid groups (broad SMARTS) is 1. The van der Waals surface area contributed by atoms with Gasteiger partial charge in [0.25, 0.3) is 5.91 Å². The molecule has 10 heteroatoms. The monoisotopic (exact) mass is 494 g/mol. The fourth-order valence-corrected chi connectivity index (χ4v) is 4.33. The smallest absolute Gasteiger partial charge is 0.312 e. The molecule has 0 unspecified atom stereocenters. The van der Waals surface area contributed by atoms with Crippen LogP contribution in [0, 0.1) is 0 Å². The molecule has 0 bridgehead atoms. The van der Waals surface area contributed by atoms with Crippen molar-refractivity contribution < 1.29 is 29.3 Å². The second-order valence-electron chi connectivity index (χ2n) is 7.88. The van der Waals surface area contributed by atoms with Gasteiger partial charge in [0.2, 0.25) is 5.91 Å². The van der Waals surface area contributed by atoms with E-state index >= 15 is 0 Å². The molecular weight excluding hydrogens is 471 g/mol. The highest BCUT2D eigenvalue weighted by molar-refractivity contribution is 6.37. The van der Waals surface area contributed by atoms with Crippen molar-refractivity contribution in [2.45, 2.75) is 44.6 Å². The number of nitrogens with zero attached hydrogens (tertiary/aromatic N) is 1. The number of phenols is 1. The minimum absolute atomic E-state index is 0.0633. The average molecular weight is 495 g/mol. The summed E-state index contributed by atoms with van der Waals surface area (Å²) in [4.78, 5) is 37.0. The lowest BCUT2D eigenvalue weighted by atomic mass is 9.94. The highest BCUT2D eigenvalue weighted by atomic mass is 35.5. The largest absolute Gasteiger partial charge is 0.507 e. The van der Waals surface area contributed by atoms with Crippen LogP contribution in [0.3, 0.4) is 0 Å². The Kier molecular flexibility index (Phi) is 8.05. The molecule has 8 nitrogen and oxygen atoms in total. The number of carboxylic acids is 1. The molecule has 33 heavy (non-hydrogen) atoms. The van der Waals surface area contributed by atoms with Gasteiger partial charge in [-0.05, 0) is 43.2 Å². The van der Waals surface area contributed by atoms with Crippen LogP contribution in [0.25, 0.3) is 0 Å². The Hall–Kier alpha value is -2.97. The van der Waals surface area contributed by atoms with E-state index in [9.17, 15) is 19.5 Å². The van der Waals surface area contributed by atoms with E-state index in [-0.39, 0.29) is 50.5 Å². The standard InChI is InChI=1S/C23H24Cl2N2O6/c1-27(14-5-3-2-4-6-14)23(32)16-11-15(7-8-19(16)28)33-22-17(24)9-13(10-18(22)25)26-20(29)12-21(30)31/h7-11,14,28H,2-6,12H2,1H3,(H,26,29)(H,30,31). The van der Waals surface area contributed by atoms with Crippen LogP contribution in [-0.2, 0) is 9.59 Å². The topological polar surface area (TPSA) is 116 Å². The maximum atomic E-state index is 13.0. The molecule has 2 aromatic rings. The molecule has 1 fully saturated rings. The number of carbonyl (C=O) groups is 3. The molecule has 2 amide bonds. The van der Waals surface area contributed by atoms with Crippen molar-refractivity contribution in [3.8, 4) is 17.2 Å². The number of anilines is 1. The molecule has 0 aliphatic heterocycles. The summed E-state index contributed by atoms with van der Waals surface area (Å²) in [6, 6.07) is 7.12. The number of carbonyl (C=O) groups excluding carboxylic acids is 2. The number of aliphatic carboxylic acids is 1. The van der Waals surface area contributed by atoms with Crippen LogP contribution in [-0.4, -0.2) is 46.0 Å². The number of hydrogen-bond donors (Lipinski definition) is 3. The Labute approximate surface area is 201 Å². The average Bonchev–Trinajstić information content (AvgIpc) is 2.76. The molecule has 0 radical (unpaired) electrons. The van der Waals surface area contributed by atoms with Gasteiger partial charge in [-0.25, -0.2) is 0 Å². The first-order valence-corrected chi connectivity index (χ1v) is 11.2. The fraction of sp³-hybridized carbons (Fsp3) is 0.348. The van der Waals surface area contributed by atoms with Crippen molar-refractivity contribution in [2.24, 2.45) is 0 Å². The van der Waals surface area contributed by atoms with Gasteiger partial charge in [-0.2, -0.15) is 0 Å². The molecule has 3 N–H and O–H groups in total. The zero-order chi connectivity index (χ0) is 24.1. The lowest BCUT2D eigenvalue weighted by molar-refractivity contribution is -0.139. The Morgan fingerprint density at radius 1 is 1.09 bits per heavy atom. The first kappa shape index (κ1) is 24.7. The number of benzene rings is 2. The Balaban J connectivity index is 1.79. The van der Waals surface area contributed by atoms with Gasteiger partial charge in [0, 0.05) is 18.8 Å². The highest BCUT2D eigenvalue weighted by Gasteiger charge is 2.25. The minimum atomic E-state index is -1.27. The number of aromatic hydroxyl groups is 1. The van der Waals surface area contributed by atoms with Gasteiger partial charge >= 0.3 is 5.97 Å². The van der Waals surface area contributed by atoms with Gasteiger partial charge in [-0.1, -0.05) is 42.5 Å². The molecule has 1 aliphatic rings. The van der Waals surface area contributed by atoms with Gasteiger partial charge in [0.15, 0.2) is 5.75 Å². The van der Waals surface area contributed by atoms with E-state index in [1.165, 1.54) is 30.3 Å². The van der Waals surface area contributed by atoms with Crippen molar-refractivity contribution in [3.05, 3.63) is 45.9 Å². The summed E-state index contributed by atoms with van der Waals surface area (Å²) >= 11 is 12.5. The van der Waals surface area contributed by atoms with Crippen molar-refractivity contribution in [1.82, 2.24) is 4.90 Å². The number of rotatable bonds is 7.